The van der Waals surface area contributed by atoms with Crippen LogP contribution in [-0.4, -0.2) is 50.7 Å². The van der Waals surface area contributed by atoms with E-state index < -0.39 is 0 Å². The topological polar surface area (TPSA) is 81.9 Å². The van der Waals surface area contributed by atoms with Gasteiger partial charge in [-0.2, -0.15) is 0 Å². The summed E-state index contributed by atoms with van der Waals surface area (Å²) in [5, 5.41) is 12.1. The first-order chi connectivity index (χ1) is 12.3. The van der Waals surface area contributed by atoms with E-state index in [9.17, 15) is 4.79 Å². The number of ether oxygens (including phenoxy) is 1. The number of nitrogens with one attached hydrogen (secondary N) is 1. The Kier molecular flexibility index (Phi) is 6.19. The Balaban J connectivity index is 1.78. The number of aromatic nitrogens is 4. The van der Waals surface area contributed by atoms with Crippen molar-refractivity contribution in [3.05, 3.63) is 37.2 Å². The molecule has 25 heavy (non-hydrogen) atoms. The highest BCUT2D eigenvalue weighted by Gasteiger charge is 2.22. The maximum Gasteiger partial charge on any atom is 0.230 e. The number of carbonyl (C=O) groups excluding carboxylic acids is 1. The molecule has 1 N–H and O–H groups in total. The third-order valence-electron chi connectivity index (χ3n) is 3.84. The van der Waals surface area contributed by atoms with Crippen molar-refractivity contribution in [2.75, 3.05) is 18.9 Å². The average molecular weight is 359 g/mol. The van der Waals surface area contributed by atoms with Crippen molar-refractivity contribution < 1.29 is 9.53 Å². The fraction of sp³-hybridized carbons (Fsp3) is 0.412. The van der Waals surface area contributed by atoms with Gasteiger partial charge in [-0.3, -0.25) is 14.3 Å². The molecule has 0 radical (unpaired) electrons. The van der Waals surface area contributed by atoms with E-state index in [4.69, 9.17) is 4.74 Å². The molecule has 3 heterocycles. The number of hydrogen-bond donors (Lipinski definition) is 1. The number of rotatable bonds is 8. The normalized spacial score (nSPS) is 16.7. The van der Waals surface area contributed by atoms with Crippen molar-refractivity contribution in [3.63, 3.8) is 0 Å². The summed E-state index contributed by atoms with van der Waals surface area (Å²) in [7, 11) is 0. The van der Waals surface area contributed by atoms with Crippen molar-refractivity contribution in [3.8, 4) is 11.4 Å². The molecule has 7 nitrogen and oxygen atoms in total. The summed E-state index contributed by atoms with van der Waals surface area (Å²) in [5.41, 5.74) is 0.948. The zero-order chi connectivity index (χ0) is 17.5. The SMILES string of the molecule is C=CCNC(=O)CSc1nnc(-c2ccncc2)n1C[C@@H]1CCCO1. The van der Waals surface area contributed by atoms with Crippen LogP contribution in [0.2, 0.25) is 0 Å². The third kappa shape index (κ3) is 4.67. The van der Waals surface area contributed by atoms with Gasteiger partial charge < -0.3 is 10.1 Å². The molecule has 1 amide bonds. The van der Waals surface area contributed by atoms with Crippen LogP contribution in [-0.2, 0) is 16.1 Å². The number of pyridine rings is 1. The molecule has 0 saturated carbocycles. The van der Waals surface area contributed by atoms with Gasteiger partial charge in [-0.05, 0) is 25.0 Å². The molecule has 1 aliphatic rings. The zero-order valence-corrected chi connectivity index (χ0v) is 14.7. The quantitative estimate of drug-likeness (QED) is 0.573. The first-order valence-electron chi connectivity index (χ1n) is 8.23. The van der Waals surface area contributed by atoms with E-state index in [1.54, 1.807) is 18.5 Å². The molecular formula is C17H21N5O2S. The highest BCUT2D eigenvalue weighted by Crippen LogP contribution is 2.26. The standard InChI is InChI=1S/C17H21N5O2S/c1-2-7-19-15(23)12-25-17-21-20-16(13-5-8-18-9-6-13)22(17)11-14-4-3-10-24-14/h2,5-6,8-9,14H,1,3-4,7,10-12H2,(H,19,23)/t14-/m0/s1. The Bertz CT molecular complexity index is 713. The molecule has 0 bridgehead atoms. The van der Waals surface area contributed by atoms with E-state index in [1.165, 1.54) is 11.8 Å². The van der Waals surface area contributed by atoms with Crippen LogP contribution in [0.5, 0.6) is 0 Å². The van der Waals surface area contributed by atoms with Gasteiger partial charge in [0.2, 0.25) is 5.91 Å². The molecule has 0 aromatic carbocycles. The molecule has 2 aromatic rings. The zero-order valence-electron chi connectivity index (χ0n) is 13.9. The minimum atomic E-state index is -0.0537. The summed E-state index contributed by atoms with van der Waals surface area (Å²) in [6.07, 6.45) is 7.38. The van der Waals surface area contributed by atoms with Crippen LogP contribution in [0.4, 0.5) is 0 Å². The van der Waals surface area contributed by atoms with Crippen molar-refractivity contribution in [2.24, 2.45) is 0 Å². The van der Waals surface area contributed by atoms with Gasteiger partial charge >= 0.3 is 0 Å². The number of thioether (sulfide) groups is 1. The number of nitrogens with zero attached hydrogens (tertiary/aromatic N) is 4. The second kappa shape index (κ2) is 8.77. The predicted octanol–water partition coefficient (Wildman–Crippen LogP) is 1.91. The van der Waals surface area contributed by atoms with Gasteiger partial charge in [0, 0.05) is 31.1 Å². The minimum absolute atomic E-state index is 0.0537. The molecule has 0 unspecified atom stereocenters. The van der Waals surface area contributed by atoms with Crippen LogP contribution in [0.3, 0.4) is 0 Å². The predicted molar refractivity (Wildman–Crippen MR) is 96.2 cm³/mol. The van der Waals surface area contributed by atoms with Gasteiger partial charge in [0.15, 0.2) is 11.0 Å². The van der Waals surface area contributed by atoms with Crippen LogP contribution in [0, 0.1) is 0 Å². The van der Waals surface area contributed by atoms with Crippen LogP contribution in [0.25, 0.3) is 11.4 Å². The molecule has 3 rings (SSSR count). The molecular weight excluding hydrogens is 338 g/mol. The lowest BCUT2D eigenvalue weighted by Gasteiger charge is -2.14. The maximum atomic E-state index is 11.8. The van der Waals surface area contributed by atoms with Crippen LogP contribution in [0.15, 0.2) is 42.3 Å². The molecule has 0 aliphatic carbocycles. The average Bonchev–Trinajstić information content (AvgIpc) is 3.29. The summed E-state index contributed by atoms with van der Waals surface area (Å²) in [6, 6.07) is 3.81. The maximum absolute atomic E-state index is 11.8. The highest BCUT2D eigenvalue weighted by molar-refractivity contribution is 7.99. The molecule has 1 saturated heterocycles. The Morgan fingerprint density at radius 1 is 1.44 bits per heavy atom. The summed E-state index contributed by atoms with van der Waals surface area (Å²) >= 11 is 1.38. The van der Waals surface area contributed by atoms with Crippen molar-refractivity contribution in [1.29, 1.82) is 0 Å². The Hall–Kier alpha value is -2.19. The molecule has 0 spiro atoms. The van der Waals surface area contributed by atoms with Gasteiger partial charge in [0.25, 0.3) is 0 Å². The van der Waals surface area contributed by atoms with Crippen LogP contribution in [0.1, 0.15) is 12.8 Å². The second-order valence-corrected chi connectivity index (χ2v) is 6.61. The molecule has 8 heteroatoms. The van der Waals surface area contributed by atoms with Crippen molar-refractivity contribution in [1.82, 2.24) is 25.1 Å². The van der Waals surface area contributed by atoms with Gasteiger partial charge in [-0.15, -0.1) is 16.8 Å². The van der Waals surface area contributed by atoms with Gasteiger partial charge in [0.1, 0.15) is 0 Å². The molecule has 2 aromatic heterocycles. The number of amides is 1. The number of carbonyl (C=O) groups is 1. The molecule has 132 valence electrons. The monoisotopic (exact) mass is 359 g/mol. The summed E-state index contributed by atoms with van der Waals surface area (Å²) in [5.74, 6) is 1.00. The fourth-order valence-corrected chi connectivity index (χ4v) is 3.41. The van der Waals surface area contributed by atoms with E-state index in [-0.39, 0.29) is 17.8 Å². The number of hydrogen-bond acceptors (Lipinski definition) is 6. The first kappa shape index (κ1) is 17.6. The van der Waals surface area contributed by atoms with Gasteiger partial charge in [-0.1, -0.05) is 17.8 Å². The Labute approximate surface area is 150 Å². The lowest BCUT2D eigenvalue weighted by atomic mass is 10.2. The van der Waals surface area contributed by atoms with Crippen molar-refractivity contribution in [2.45, 2.75) is 30.6 Å². The summed E-state index contributed by atoms with van der Waals surface area (Å²) < 4.78 is 7.80. The summed E-state index contributed by atoms with van der Waals surface area (Å²) in [6.45, 7) is 5.53. The summed E-state index contributed by atoms with van der Waals surface area (Å²) in [4.78, 5) is 15.9. The van der Waals surface area contributed by atoms with E-state index in [2.05, 4.69) is 27.1 Å². The minimum Gasteiger partial charge on any atom is -0.376 e. The lowest BCUT2D eigenvalue weighted by molar-refractivity contribution is -0.118. The van der Waals surface area contributed by atoms with Crippen LogP contribution < -0.4 is 5.32 Å². The van der Waals surface area contributed by atoms with Crippen LogP contribution >= 0.6 is 11.8 Å². The lowest BCUT2D eigenvalue weighted by Crippen LogP contribution is -2.25. The largest absolute Gasteiger partial charge is 0.376 e. The molecule has 1 atom stereocenters. The van der Waals surface area contributed by atoms with Crippen molar-refractivity contribution >= 4 is 17.7 Å². The molecule has 1 fully saturated rings. The highest BCUT2D eigenvalue weighted by atomic mass is 32.2. The van der Waals surface area contributed by atoms with E-state index in [0.717, 1.165) is 36.0 Å². The van der Waals surface area contributed by atoms with Gasteiger partial charge in [-0.25, -0.2) is 0 Å². The fourth-order valence-electron chi connectivity index (χ4n) is 2.63. The Morgan fingerprint density at radius 2 is 2.28 bits per heavy atom. The van der Waals surface area contributed by atoms with Gasteiger partial charge in [0.05, 0.1) is 18.4 Å². The van der Waals surface area contributed by atoms with E-state index >= 15 is 0 Å². The molecule has 1 aliphatic heterocycles. The second-order valence-electron chi connectivity index (χ2n) is 5.67. The van der Waals surface area contributed by atoms with E-state index in [1.807, 2.05) is 16.7 Å². The Morgan fingerprint density at radius 3 is 3.00 bits per heavy atom. The third-order valence-corrected chi connectivity index (χ3v) is 4.81. The van der Waals surface area contributed by atoms with E-state index in [0.29, 0.717) is 13.1 Å². The first-order valence-corrected chi connectivity index (χ1v) is 9.22. The smallest absolute Gasteiger partial charge is 0.230 e.